The summed E-state index contributed by atoms with van der Waals surface area (Å²) in [7, 11) is -21.3. The fourth-order valence-corrected chi connectivity index (χ4v) is 16.6. The Morgan fingerprint density at radius 1 is 0.949 bits per heavy atom. The molecule has 2 aromatic heterocycles. The Balaban J connectivity index is 0.932. The van der Waals surface area contributed by atoms with Crippen LogP contribution >= 0.6 is 23.5 Å². The maximum Gasteiger partial charge on any atom is 0.490 e. The summed E-state index contributed by atoms with van der Waals surface area (Å²) < 4.78 is 146. The minimum Gasteiger partial charge on any atom is -0.495 e. The standard InChI is InChI=1S/C61H69N8O25P3S2/c1-59(2,3)54(89-28-37-27-68(55-53(37)57(72)65-58(62)64-55)51-24-46(70)50(92-51)29-90-96(78,79)94-97(80,81)93-95(75,76)77)40-21-47(88-10)32(18-45(40)69(73)74)15-12-16-63-56(71)34-14-11-13-33(17-34)52-41-19-38-35(30-98(82,83)84)25-60(4,5)66(8)43(38)22-48(41)91-49-23-44-39(20-42(49)52)36(31-99(85,86)87)26-61(6,7)67(44)9/h11,13-14,17-23,25-27,46,50-51,54,70H,16,24,28-31H2,1-10H3,(H9-,62,63,64,65,71,72,75,76,77,78,79,80,81,82,83,84,85,86,87)/p+1/t46-,50+,51+,54+/m0/s1. The summed E-state index contributed by atoms with van der Waals surface area (Å²) in [6.07, 6.45) is -0.776. The number of anilines is 2. The monoisotopic (exact) mass is 1470 g/mol. The minimum atomic E-state index is -5.87. The van der Waals surface area contributed by atoms with Crippen LogP contribution in [-0.2, 0) is 63.2 Å². The lowest BCUT2D eigenvalue weighted by Crippen LogP contribution is -2.47. The fourth-order valence-electron chi connectivity index (χ4n) is 12.3. The maximum absolute atomic E-state index is 14.2. The molecular formula is C61H70N8O25P3S2+. The van der Waals surface area contributed by atoms with Crippen LogP contribution < -0.4 is 46.1 Å². The number of nitro groups is 1. The molecular weight excluding hydrogens is 1400 g/mol. The van der Waals surface area contributed by atoms with E-state index in [2.05, 4.69) is 40.3 Å². The number of hydrogen-bond donors (Lipinski definition) is 10. The van der Waals surface area contributed by atoms with Crippen molar-refractivity contribution in [1.29, 1.82) is 0 Å². The number of hydrogen-bond acceptors (Lipinski definition) is 22. The number of fused-ring (bicyclic) bond motifs is 5. The summed E-state index contributed by atoms with van der Waals surface area (Å²) >= 11 is 0. The van der Waals surface area contributed by atoms with Crippen molar-refractivity contribution in [2.75, 3.05) is 56.5 Å². The van der Waals surface area contributed by atoms with Crippen molar-refractivity contribution < 1.29 is 106 Å². The highest BCUT2D eigenvalue weighted by molar-refractivity contribution is 7.86. The topological polar surface area (TPSA) is 481 Å². The third-order valence-electron chi connectivity index (χ3n) is 16.9. The SMILES string of the molecule is COc1cc([C@@H](OCc2cn([C@H]3C[C@H](O)[C@@H](COP(=O)(O)OP(=O)(O)OP(=O)(O)O)O3)c3nc(N)[nH]c(=O)c23)C(C)(C)C)c([N+](=O)[O-])cc1C#CCNC(=O)c1cccc(C2=c3cc4c(cc3Oc3cc5c(cc32)C(CS(=O)(=O)O)=CC(C)(C)N5C)=[N+](C)C(C)(C)C=C4CS(=O)(=O)O)c1. The van der Waals surface area contributed by atoms with Crippen LogP contribution in [0.3, 0.4) is 0 Å². The zero-order chi connectivity index (χ0) is 72.8. The number of aliphatic hydroxyl groups excluding tert-OH is 1. The molecule has 11 N–H and O–H groups in total. The number of nitrogen functional groups attached to an aromatic ring is 1. The van der Waals surface area contributed by atoms with Crippen LogP contribution in [0.25, 0.3) is 27.8 Å². The number of benzene rings is 4. The van der Waals surface area contributed by atoms with Crippen molar-refractivity contribution in [2.45, 2.75) is 97.1 Å². The van der Waals surface area contributed by atoms with Crippen LogP contribution in [0.1, 0.15) is 117 Å². The van der Waals surface area contributed by atoms with E-state index in [0.717, 1.165) is 0 Å². The Kier molecular flexibility index (Phi) is 19.9. The third-order valence-corrected chi connectivity index (χ3v) is 22.1. The van der Waals surface area contributed by atoms with Gasteiger partial charge in [0, 0.05) is 84.4 Å². The largest absolute Gasteiger partial charge is 0.495 e. The van der Waals surface area contributed by atoms with Gasteiger partial charge in [-0.2, -0.15) is 30.4 Å². The van der Waals surface area contributed by atoms with Crippen LogP contribution in [-0.4, -0.2) is 145 Å². The van der Waals surface area contributed by atoms with Gasteiger partial charge in [-0.3, -0.25) is 38.3 Å². The van der Waals surface area contributed by atoms with Crippen LogP contribution in [0.4, 0.5) is 17.3 Å². The predicted octanol–water partition coefficient (Wildman–Crippen LogP) is 5.34. The molecule has 10 rings (SSSR count). The normalized spacial score (nSPS) is 19.6. The first-order chi connectivity index (χ1) is 45.7. The number of aliphatic hydroxyl groups is 1. The summed E-state index contributed by atoms with van der Waals surface area (Å²) in [6.45, 7) is 11.0. The summed E-state index contributed by atoms with van der Waals surface area (Å²) in [4.78, 5) is 86.1. The number of ether oxygens (including phenoxy) is 4. The van der Waals surface area contributed by atoms with E-state index in [1.165, 1.54) is 30.0 Å². The molecule has 1 amide bonds. The van der Waals surface area contributed by atoms with E-state index >= 15 is 0 Å². The highest BCUT2D eigenvalue weighted by atomic mass is 32.2. The van der Waals surface area contributed by atoms with Gasteiger partial charge >= 0.3 is 23.5 Å². The van der Waals surface area contributed by atoms with E-state index in [-0.39, 0.29) is 58.0 Å². The van der Waals surface area contributed by atoms with Crippen LogP contribution in [0.2, 0.25) is 0 Å². The Morgan fingerprint density at radius 3 is 2.26 bits per heavy atom. The number of phosphoric ester groups is 1. The van der Waals surface area contributed by atoms with Crippen molar-refractivity contribution >= 4 is 94.7 Å². The minimum absolute atomic E-state index is 0.0224. The highest BCUT2D eigenvalue weighted by Crippen LogP contribution is 2.66. The van der Waals surface area contributed by atoms with E-state index in [1.54, 1.807) is 81.5 Å². The lowest BCUT2D eigenvalue weighted by atomic mass is 9.83. The van der Waals surface area contributed by atoms with Crippen LogP contribution in [0.5, 0.6) is 17.2 Å². The molecule has 0 saturated carbocycles. The molecule has 6 atom stereocenters. The number of H-pyrrole nitrogens is 1. The number of aromatic nitrogens is 3. The number of phosphoric acid groups is 3. The first-order valence-corrected chi connectivity index (χ1v) is 37.6. The number of aromatic amines is 1. The molecule has 4 aliphatic rings. The summed E-state index contributed by atoms with van der Waals surface area (Å²) in [5.74, 6) is 4.08. The van der Waals surface area contributed by atoms with Gasteiger partial charge < -0.3 is 64.1 Å². The lowest BCUT2D eigenvalue weighted by molar-refractivity contribution is -0.386. The van der Waals surface area contributed by atoms with E-state index < -0.39 is 132 Å². The average molecular weight is 1470 g/mol. The molecule has 1 fully saturated rings. The second kappa shape index (κ2) is 26.6. The third kappa shape index (κ3) is 16.2. The van der Waals surface area contributed by atoms with Gasteiger partial charge in [0.25, 0.3) is 37.4 Å². The quantitative estimate of drug-likeness (QED) is 0.0108. The molecule has 99 heavy (non-hydrogen) atoms. The lowest BCUT2D eigenvalue weighted by Gasteiger charge is -2.41. The van der Waals surface area contributed by atoms with Gasteiger partial charge in [-0.05, 0) is 72.4 Å². The van der Waals surface area contributed by atoms with Gasteiger partial charge in [0.05, 0.1) is 77.7 Å². The number of nitrogens with two attached hydrogens (primary N) is 1. The van der Waals surface area contributed by atoms with Gasteiger partial charge in [0.15, 0.2) is 11.2 Å². The highest BCUT2D eigenvalue weighted by Gasteiger charge is 2.45. The maximum atomic E-state index is 14.2. The number of nitrogens with zero attached hydrogens (tertiary/aromatic N) is 5. The molecule has 0 bridgehead atoms. The van der Waals surface area contributed by atoms with Crippen molar-refractivity contribution in [3.63, 3.8) is 0 Å². The molecule has 4 aromatic carbocycles. The molecule has 6 heterocycles. The summed E-state index contributed by atoms with van der Waals surface area (Å²) in [6, 6.07) is 16.1. The average Bonchev–Trinajstić information content (AvgIpc) is 1.40. The summed E-state index contributed by atoms with van der Waals surface area (Å²) in [5, 5.41) is 27.7. The Hall–Kier alpha value is -7.81. The van der Waals surface area contributed by atoms with Gasteiger partial charge in [-0.1, -0.05) is 50.8 Å². The van der Waals surface area contributed by atoms with E-state index in [4.69, 9.17) is 34.5 Å². The van der Waals surface area contributed by atoms with Gasteiger partial charge in [0.2, 0.25) is 11.3 Å². The number of carbonyl (C=O) groups is 1. The van der Waals surface area contributed by atoms with Gasteiger partial charge in [-0.15, -0.1) is 0 Å². The Morgan fingerprint density at radius 2 is 1.63 bits per heavy atom. The van der Waals surface area contributed by atoms with Crippen molar-refractivity contribution in [3.05, 3.63) is 155 Å². The van der Waals surface area contributed by atoms with Crippen molar-refractivity contribution in [1.82, 2.24) is 24.4 Å². The molecule has 0 radical (unpaired) electrons. The number of likely N-dealkylation sites (N-methyl/N-ethyl adjacent to an activating group) is 2. The van der Waals surface area contributed by atoms with Crippen LogP contribution in [0, 0.1) is 27.4 Å². The second-order valence-electron chi connectivity index (χ2n) is 25.9. The number of nitro benzene ring substituents is 1. The molecule has 530 valence electrons. The molecule has 33 nitrogen and oxygen atoms in total. The molecule has 0 aliphatic carbocycles. The number of methoxy groups -OCH3 is 1. The zero-order valence-electron chi connectivity index (χ0n) is 54.5. The fraction of sp³-hybridized carbons (Fsp3) is 0.377. The second-order valence-corrected chi connectivity index (χ2v) is 33.3. The summed E-state index contributed by atoms with van der Waals surface area (Å²) in [5.41, 5.74) is 6.10. The predicted molar refractivity (Wildman–Crippen MR) is 358 cm³/mol. The van der Waals surface area contributed by atoms with Crippen LogP contribution in [0.15, 0.2) is 83.8 Å². The number of nitrogens with one attached hydrogen (secondary N) is 2. The van der Waals surface area contributed by atoms with Gasteiger partial charge in [-0.25, -0.2) is 18.3 Å². The first-order valence-electron chi connectivity index (χ1n) is 29.8. The molecule has 0 spiro atoms. The van der Waals surface area contributed by atoms with Crippen molar-refractivity contribution in [2.24, 2.45) is 5.41 Å². The van der Waals surface area contributed by atoms with E-state index in [1.807, 2.05) is 51.3 Å². The number of amides is 1. The van der Waals surface area contributed by atoms with Gasteiger partial charge in [0.1, 0.15) is 48.1 Å². The van der Waals surface area contributed by atoms with Crippen molar-refractivity contribution in [3.8, 4) is 29.1 Å². The molecule has 38 heteroatoms. The number of carbonyl (C=O) groups excluding carboxylic acids is 1. The zero-order valence-corrected chi connectivity index (χ0v) is 58.8. The molecule has 1 saturated heterocycles. The molecule has 6 aromatic rings. The Bertz CT molecular complexity index is 5130. The number of rotatable bonds is 21. The first kappa shape index (κ1) is 73.9. The molecule has 4 aliphatic heterocycles. The smallest absolute Gasteiger partial charge is 0.490 e. The Labute approximate surface area is 565 Å². The molecule has 2 unspecified atom stereocenters. The van der Waals surface area contributed by atoms with E-state index in [9.17, 15) is 74.2 Å². The van der Waals surface area contributed by atoms with E-state index in [0.29, 0.717) is 66.7 Å².